The molecule has 0 aromatic rings. The molecule has 2 saturated heterocycles. The van der Waals surface area contributed by atoms with Crippen LogP contribution in [0.15, 0.2) is 0 Å². The Morgan fingerprint density at radius 1 is 0.625 bits per heavy atom. The van der Waals surface area contributed by atoms with Gasteiger partial charge >= 0.3 is 6.16 Å². The first-order chi connectivity index (χ1) is 15.6. The fourth-order valence-electron chi connectivity index (χ4n) is 5.01. The molecule has 2 heterocycles. The molecule has 0 spiro atoms. The number of unbranched alkanes of at least 4 members (excludes halogenated alkanes) is 4. The Morgan fingerprint density at radius 3 is 1.44 bits per heavy atom. The highest BCUT2D eigenvalue weighted by molar-refractivity contribution is 5.59. The van der Waals surface area contributed by atoms with E-state index >= 15 is 0 Å². The maximum atomic E-state index is 12.0. The van der Waals surface area contributed by atoms with Gasteiger partial charge in [0.05, 0.1) is 12.2 Å². The fourth-order valence-corrected chi connectivity index (χ4v) is 5.01. The van der Waals surface area contributed by atoms with Crippen LogP contribution in [0.3, 0.4) is 0 Å². The Hall–Kier alpha value is -0.810. The molecule has 2 rings (SSSR count). The van der Waals surface area contributed by atoms with Crippen molar-refractivity contribution in [3.8, 4) is 0 Å². The zero-order valence-electron chi connectivity index (χ0n) is 21.3. The lowest BCUT2D eigenvalue weighted by molar-refractivity contribution is 0.0460. The van der Waals surface area contributed by atoms with E-state index in [2.05, 4.69) is 27.7 Å². The minimum Gasteiger partial charge on any atom is -0.431 e. The summed E-state index contributed by atoms with van der Waals surface area (Å²) in [5.74, 6) is 1.46. The number of epoxide rings is 2. The van der Waals surface area contributed by atoms with Gasteiger partial charge in [-0.15, -0.1) is 0 Å². The van der Waals surface area contributed by atoms with E-state index < -0.39 is 6.16 Å². The number of rotatable bonds is 20. The third kappa shape index (κ3) is 11.4. The van der Waals surface area contributed by atoms with Crippen molar-refractivity contribution in [3.05, 3.63) is 0 Å². The van der Waals surface area contributed by atoms with Crippen LogP contribution in [-0.4, -0.2) is 43.8 Å². The molecule has 2 aliphatic heterocycles. The molecule has 5 heteroatoms. The molecule has 5 nitrogen and oxygen atoms in total. The molecule has 0 aromatic heterocycles. The summed E-state index contributed by atoms with van der Waals surface area (Å²) in [6.45, 7) is 9.62. The van der Waals surface area contributed by atoms with Gasteiger partial charge in [-0.1, -0.05) is 105 Å². The minimum atomic E-state index is -0.588. The first-order valence-electron chi connectivity index (χ1n) is 13.7. The molecule has 2 fully saturated rings. The van der Waals surface area contributed by atoms with Crippen molar-refractivity contribution in [2.24, 2.45) is 11.8 Å². The van der Waals surface area contributed by atoms with Crippen LogP contribution < -0.4 is 0 Å². The Morgan fingerprint density at radius 2 is 1.06 bits per heavy atom. The third-order valence-electron chi connectivity index (χ3n) is 7.06. The largest absolute Gasteiger partial charge is 0.508 e. The Balaban J connectivity index is 1.53. The maximum absolute atomic E-state index is 12.0. The van der Waals surface area contributed by atoms with E-state index in [4.69, 9.17) is 18.9 Å². The van der Waals surface area contributed by atoms with Crippen LogP contribution in [0.1, 0.15) is 118 Å². The van der Waals surface area contributed by atoms with E-state index in [1.165, 1.54) is 77.0 Å². The molecule has 6 unspecified atom stereocenters. The van der Waals surface area contributed by atoms with Gasteiger partial charge in [-0.2, -0.15) is 0 Å². The monoisotopic (exact) mass is 454 g/mol. The number of carbonyl (C=O) groups is 1. The highest BCUT2D eigenvalue weighted by Gasteiger charge is 2.42. The Kier molecular flexibility index (Phi) is 13.7. The molecule has 188 valence electrons. The van der Waals surface area contributed by atoms with Crippen molar-refractivity contribution in [1.29, 1.82) is 0 Å². The van der Waals surface area contributed by atoms with Gasteiger partial charge in [-0.25, -0.2) is 4.79 Å². The van der Waals surface area contributed by atoms with Crippen molar-refractivity contribution in [3.63, 3.8) is 0 Å². The Labute approximate surface area is 197 Å². The SMILES string of the molecule is CCCCCC(CCC)CC1OC1COC(=O)OCC1OC1CC(CCC)CCCCC. The summed E-state index contributed by atoms with van der Waals surface area (Å²) in [6.07, 6.45) is 17.5. The zero-order chi connectivity index (χ0) is 23.2. The van der Waals surface area contributed by atoms with Crippen molar-refractivity contribution < 1.29 is 23.7 Å². The molecule has 6 atom stereocenters. The topological polar surface area (TPSA) is 60.6 Å². The molecule has 0 radical (unpaired) electrons. The fraction of sp³-hybridized carbons (Fsp3) is 0.963. The van der Waals surface area contributed by atoms with Gasteiger partial charge in [-0.3, -0.25) is 0 Å². The number of ether oxygens (including phenoxy) is 4. The van der Waals surface area contributed by atoms with Crippen LogP contribution in [0.2, 0.25) is 0 Å². The van der Waals surface area contributed by atoms with Gasteiger partial charge in [0.1, 0.15) is 25.4 Å². The van der Waals surface area contributed by atoms with Crippen LogP contribution in [0.25, 0.3) is 0 Å². The molecule has 0 aromatic carbocycles. The summed E-state index contributed by atoms with van der Waals surface area (Å²) in [5.41, 5.74) is 0. The molecule has 0 saturated carbocycles. The summed E-state index contributed by atoms with van der Waals surface area (Å²) in [6, 6.07) is 0. The predicted octanol–water partition coefficient (Wildman–Crippen LogP) is 7.45. The van der Waals surface area contributed by atoms with Crippen molar-refractivity contribution in [2.75, 3.05) is 13.2 Å². The first-order valence-corrected chi connectivity index (χ1v) is 13.7. The first kappa shape index (κ1) is 27.4. The average Bonchev–Trinajstić information content (AvgIpc) is 3.69. The second-order valence-corrected chi connectivity index (χ2v) is 10.1. The van der Waals surface area contributed by atoms with Gasteiger partial charge < -0.3 is 18.9 Å². The van der Waals surface area contributed by atoms with Gasteiger partial charge in [0.25, 0.3) is 0 Å². The van der Waals surface area contributed by atoms with Crippen LogP contribution in [0.5, 0.6) is 0 Å². The van der Waals surface area contributed by atoms with Gasteiger partial charge in [0.2, 0.25) is 0 Å². The summed E-state index contributed by atoms with van der Waals surface area (Å²) >= 11 is 0. The van der Waals surface area contributed by atoms with E-state index in [1.54, 1.807) is 0 Å². The normalized spacial score (nSPS) is 25.9. The molecule has 0 bridgehead atoms. The molecular formula is C27H50O5. The lowest BCUT2D eigenvalue weighted by Crippen LogP contribution is -2.17. The van der Waals surface area contributed by atoms with Crippen molar-refractivity contribution >= 4 is 6.16 Å². The van der Waals surface area contributed by atoms with E-state index in [0.717, 1.165) is 24.7 Å². The second-order valence-electron chi connectivity index (χ2n) is 10.1. The van der Waals surface area contributed by atoms with Crippen molar-refractivity contribution in [1.82, 2.24) is 0 Å². The quantitative estimate of drug-likeness (QED) is 0.109. The van der Waals surface area contributed by atoms with Gasteiger partial charge in [-0.05, 0) is 24.7 Å². The van der Waals surface area contributed by atoms with E-state index in [0.29, 0.717) is 13.2 Å². The van der Waals surface area contributed by atoms with Gasteiger partial charge in [0.15, 0.2) is 0 Å². The summed E-state index contributed by atoms with van der Waals surface area (Å²) in [7, 11) is 0. The van der Waals surface area contributed by atoms with Crippen LogP contribution in [0, 0.1) is 11.8 Å². The second kappa shape index (κ2) is 15.9. The molecule has 0 aliphatic carbocycles. The average molecular weight is 455 g/mol. The van der Waals surface area contributed by atoms with Crippen LogP contribution in [0.4, 0.5) is 4.79 Å². The van der Waals surface area contributed by atoms with E-state index in [9.17, 15) is 4.79 Å². The van der Waals surface area contributed by atoms with Crippen molar-refractivity contribution in [2.45, 2.75) is 142 Å². The van der Waals surface area contributed by atoms with Gasteiger partial charge in [0, 0.05) is 0 Å². The molecule has 0 N–H and O–H groups in total. The van der Waals surface area contributed by atoms with Crippen LogP contribution in [-0.2, 0) is 18.9 Å². The third-order valence-corrected chi connectivity index (χ3v) is 7.06. The highest BCUT2D eigenvalue weighted by atomic mass is 16.7. The lowest BCUT2D eigenvalue weighted by Gasteiger charge is -2.14. The molecular weight excluding hydrogens is 404 g/mol. The number of hydrogen-bond acceptors (Lipinski definition) is 5. The van der Waals surface area contributed by atoms with E-state index in [1.807, 2.05) is 0 Å². The standard InChI is InChI=1S/C27H50O5/c1-5-9-11-15-21(13-7-3)17-23-25(31-23)19-29-27(28)30-20-26-24(32-26)18-22(14-8-4)16-12-10-6-2/h21-26H,5-20H2,1-4H3. The molecule has 2 aliphatic rings. The summed E-state index contributed by atoms with van der Waals surface area (Å²) < 4.78 is 22.1. The van der Waals surface area contributed by atoms with Crippen LogP contribution >= 0.6 is 0 Å². The zero-order valence-corrected chi connectivity index (χ0v) is 21.3. The van der Waals surface area contributed by atoms with E-state index in [-0.39, 0.29) is 24.4 Å². The number of carbonyl (C=O) groups excluding carboxylic acids is 1. The molecule has 32 heavy (non-hydrogen) atoms. The Bertz CT molecular complexity index is 454. The smallest absolute Gasteiger partial charge is 0.431 e. The minimum absolute atomic E-state index is 0.0518. The number of hydrogen-bond donors (Lipinski definition) is 0. The molecule has 0 amide bonds. The lowest BCUT2D eigenvalue weighted by atomic mass is 9.91. The summed E-state index contributed by atoms with van der Waals surface area (Å²) in [5, 5.41) is 0. The predicted molar refractivity (Wildman–Crippen MR) is 129 cm³/mol. The highest BCUT2D eigenvalue weighted by Crippen LogP contribution is 2.34. The maximum Gasteiger partial charge on any atom is 0.508 e. The summed E-state index contributed by atoms with van der Waals surface area (Å²) in [4.78, 5) is 12.0.